The molecule has 0 bridgehead atoms. The van der Waals surface area contributed by atoms with Gasteiger partial charge in [0, 0.05) is 0 Å². The second-order valence-corrected chi connectivity index (χ2v) is 0.921. The summed E-state index contributed by atoms with van der Waals surface area (Å²) in [7, 11) is 0.0297. The van der Waals surface area contributed by atoms with Crippen LogP contribution in [-0.4, -0.2) is 6.61 Å². The Kier molecular flexibility index (Phi) is 4.18. The number of nitrogens with zero attached hydrogens (tertiary/aromatic N) is 1. The van der Waals surface area contributed by atoms with Crippen molar-refractivity contribution in [2.75, 3.05) is 6.61 Å². The minimum absolute atomic E-state index is 0.0297. The summed E-state index contributed by atoms with van der Waals surface area (Å²) in [5.74, 6) is 0. The molecule has 0 atom stereocenters. The fourth-order valence-corrected chi connectivity index (χ4v) is 0.173. The standard InChI is InChI=1S/C2H5NOP/c1-2-4-5-3/h2H2,1H3/q+1. The molecule has 0 fully saturated rings. The van der Waals surface area contributed by atoms with Crippen LogP contribution in [0.15, 0.2) is 0 Å². The average Bonchev–Trinajstić information content (AvgIpc) is 1.41. The maximum atomic E-state index is 7.82. The van der Waals surface area contributed by atoms with Gasteiger partial charge in [-0.3, -0.25) is 0 Å². The van der Waals surface area contributed by atoms with E-state index in [9.17, 15) is 0 Å². The van der Waals surface area contributed by atoms with E-state index in [1.54, 1.807) is 0 Å². The second-order valence-electron chi connectivity index (χ2n) is 0.499. The molecule has 0 aromatic rings. The topological polar surface area (TPSA) is 33.0 Å². The molecular weight excluding hydrogens is 85.0 g/mol. The molecule has 0 aliphatic rings. The van der Waals surface area contributed by atoms with Crippen LogP contribution < -0.4 is 0 Å². The maximum absolute atomic E-state index is 7.82. The van der Waals surface area contributed by atoms with Gasteiger partial charge in [-0.05, 0) is 0 Å². The third kappa shape index (κ3) is 4.10. The van der Waals surface area contributed by atoms with Gasteiger partial charge in [0.25, 0.3) is 0 Å². The zero-order valence-electron chi connectivity index (χ0n) is 3.01. The molecular formula is C2H5NOP+. The fraction of sp³-hybridized carbons (Fsp3) is 1.00. The molecule has 0 spiro atoms. The van der Waals surface area contributed by atoms with Crippen molar-refractivity contribution in [1.82, 2.24) is 0 Å². The van der Waals surface area contributed by atoms with Crippen LogP contribution in [0, 0.1) is 5.00 Å². The predicted octanol–water partition coefficient (Wildman–Crippen LogP) is 1.36. The van der Waals surface area contributed by atoms with E-state index in [-0.39, 0.29) is 8.44 Å². The predicted molar refractivity (Wildman–Crippen MR) is 20.3 cm³/mol. The summed E-state index contributed by atoms with van der Waals surface area (Å²) < 4.78 is 4.36. The summed E-state index contributed by atoms with van der Waals surface area (Å²) in [6, 6.07) is 0. The molecule has 5 heavy (non-hydrogen) atoms. The molecule has 0 N–H and O–H groups in total. The van der Waals surface area contributed by atoms with E-state index in [0.717, 1.165) is 0 Å². The average molecular weight is 90.0 g/mol. The van der Waals surface area contributed by atoms with Crippen molar-refractivity contribution < 1.29 is 4.52 Å². The molecule has 0 radical (unpaired) electrons. The first kappa shape index (κ1) is 5.10. The Hall–Kier alpha value is 0.100. The van der Waals surface area contributed by atoms with Crippen LogP contribution in [0.5, 0.6) is 0 Å². The molecule has 0 amide bonds. The van der Waals surface area contributed by atoms with Crippen LogP contribution in [0.2, 0.25) is 0 Å². The minimum atomic E-state index is 0.0297. The summed E-state index contributed by atoms with van der Waals surface area (Å²) in [5, 5.41) is 7.82. The molecule has 0 aromatic heterocycles. The molecule has 0 saturated carbocycles. The van der Waals surface area contributed by atoms with Crippen molar-refractivity contribution in [2.24, 2.45) is 0 Å². The zero-order valence-corrected chi connectivity index (χ0v) is 3.90. The number of hydrogen-bond donors (Lipinski definition) is 0. The summed E-state index contributed by atoms with van der Waals surface area (Å²) in [6.07, 6.45) is 0. The van der Waals surface area contributed by atoms with Crippen molar-refractivity contribution in [3.63, 3.8) is 0 Å². The van der Waals surface area contributed by atoms with Gasteiger partial charge in [-0.25, -0.2) is 0 Å². The van der Waals surface area contributed by atoms with Gasteiger partial charge in [0.15, 0.2) is 0 Å². The number of hydrogen-bond acceptors (Lipinski definition) is 2. The Morgan fingerprint density at radius 1 is 2.00 bits per heavy atom. The molecule has 0 aromatic carbocycles. The van der Waals surface area contributed by atoms with Gasteiger partial charge in [-0.15, -0.1) is 0 Å². The molecule has 3 heteroatoms. The van der Waals surface area contributed by atoms with Gasteiger partial charge in [-0.2, -0.15) is 0 Å². The van der Waals surface area contributed by atoms with E-state index in [1.807, 2.05) is 6.92 Å². The SMILES string of the molecule is CCO[P+]#N. The molecule has 0 heterocycles. The first-order valence-electron chi connectivity index (χ1n) is 1.38. The van der Waals surface area contributed by atoms with Crippen molar-refractivity contribution >= 4 is 8.44 Å². The monoisotopic (exact) mass is 90.0 g/mol. The Morgan fingerprint density at radius 3 is 2.60 bits per heavy atom. The van der Waals surface area contributed by atoms with Crippen LogP contribution in [0.25, 0.3) is 0 Å². The zero-order chi connectivity index (χ0) is 4.12. The molecule has 2 nitrogen and oxygen atoms in total. The van der Waals surface area contributed by atoms with E-state index in [2.05, 4.69) is 4.52 Å². The van der Waals surface area contributed by atoms with Crippen LogP contribution >= 0.6 is 8.44 Å². The van der Waals surface area contributed by atoms with Crippen molar-refractivity contribution in [3.05, 3.63) is 0 Å². The van der Waals surface area contributed by atoms with Crippen LogP contribution in [0.4, 0.5) is 0 Å². The second kappa shape index (κ2) is 4.10. The molecule has 28 valence electrons. The normalized spacial score (nSPS) is 7.20. The van der Waals surface area contributed by atoms with Gasteiger partial charge >= 0.3 is 31.5 Å². The molecule has 0 rings (SSSR count). The van der Waals surface area contributed by atoms with Crippen LogP contribution in [-0.2, 0) is 4.52 Å². The third-order valence-corrected chi connectivity index (χ3v) is 0.561. The summed E-state index contributed by atoms with van der Waals surface area (Å²) in [6.45, 7) is 2.40. The molecule has 0 unspecified atom stereocenters. The fourth-order valence-electron chi connectivity index (χ4n) is 0.0577. The Morgan fingerprint density at radius 2 is 2.60 bits per heavy atom. The van der Waals surface area contributed by atoms with Crippen molar-refractivity contribution in [2.45, 2.75) is 6.92 Å². The molecule has 0 saturated heterocycles. The first-order valence-corrected chi connectivity index (χ1v) is 2.14. The summed E-state index contributed by atoms with van der Waals surface area (Å²) in [4.78, 5) is 0. The quantitative estimate of drug-likeness (QED) is 0.455. The van der Waals surface area contributed by atoms with Gasteiger partial charge in [-0.1, -0.05) is 0 Å². The van der Waals surface area contributed by atoms with Crippen molar-refractivity contribution in [1.29, 1.82) is 5.00 Å². The first-order chi connectivity index (χ1) is 2.41. The number of rotatable bonds is 1. The Balaban J connectivity index is 2.48. The van der Waals surface area contributed by atoms with E-state index in [1.165, 1.54) is 0 Å². The van der Waals surface area contributed by atoms with E-state index >= 15 is 0 Å². The molecule has 0 aliphatic heterocycles. The molecule has 0 aliphatic carbocycles. The van der Waals surface area contributed by atoms with Gasteiger partial charge in [0.2, 0.25) is 0 Å². The van der Waals surface area contributed by atoms with Gasteiger partial charge in [0.05, 0.1) is 0 Å². The van der Waals surface area contributed by atoms with Crippen LogP contribution in [0.3, 0.4) is 0 Å². The summed E-state index contributed by atoms with van der Waals surface area (Å²) in [5.41, 5.74) is 0. The van der Waals surface area contributed by atoms with Gasteiger partial charge < -0.3 is 0 Å². The van der Waals surface area contributed by atoms with E-state index in [0.29, 0.717) is 6.61 Å². The van der Waals surface area contributed by atoms with Gasteiger partial charge in [0.1, 0.15) is 0 Å². The van der Waals surface area contributed by atoms with Crippen LogP contribution in [0.1, 0.15) is 6.92 Å². The third-order valence-electron chi connectivity index (χ3n) is 0.187. The Bertz CT molecular complexity index is 48.1. The van der Waals surface area contributed by atoms with E-state index in [4.69, 9.17) is 5.00 Å². The van der Waals surface area contributed by atoms with Crippen molar-refractivity contribution in [3.8, 4) is 0 Å². The summed E-state index contributed by atoms with van der Waals surface area (Å²) >= 11 is 0. The van der Waals surface area contributed by atoms with E-state index < -0.39 is 0 Å². The Labute approximate surface area is 32.6 Å².